The largest absolute Gasteiger partial charge is 0.486 e. The molecule has 2 aromatic heterocycles. The molecule has 0 radical (unpaired) electrons. The Hall–Kier alpha value is -3.93. The molecule has 5 rings (SSSR count). The van der Waals surface area contributed by atoms with E-state index < -0.39 is 0 Å². The van der Waals surface area contributed by atoms with Crippen LogP contribution in [0.4, 0.5) is 0 Å². The van der Waals surface area contributed by atoms with E-state index in [1.807, 2.05) is 42.6 Å². The van der Waals surface area contributed by atoms with E-state index >= 15 is 0 Å². The fourth-order valence-electron chi connectivity index (χ4n) is 4.25. The van der Waals surface area contributed by atoms with E-state index in [4.69, 9.17) is 24.7 Å². The summed E-state index contributed by atoms with van der Waals surface area (Å²) in [7, 11) is 0. The summed E-state index contributed by atoms with van der Waals surface area (Å²) in [5, 5.41) is 26.3. The van der Waals surface area contributed by atoms with Gasteiger partial charge in [0.1, 0.15) is 13.2 Å². The summed E-state index contributed by atoms with van der Waals surface area (Å²) in [5.41, 5.74) is 6.57. The molecule has 0 fully saturated rings. The van der Waals surface area contributed by atoms with Crippen molar-refractivity contribution in [1.29, 1.82) is 5.26 Å². The zero-order valence-electron chi connectivity index (χ0n) is 18.9. The third-order valence-corrected chi connectivity index (χ3v) is 5.88. The molecule has 1 aliphatic heterocycles. The van der Waals surface area contributed by atoms with Crippen LogP contribution in [0, 0.1) is 18.3 Å². The number of aliphatic hydroxyl groups excluding tert-OH is 1. The van der Waals surface area contributed by atoms with Gasteiger partial charge in [0, 0.05) is 30.4 Å². The van der Waals surface area contributed by atoms with Gasteiger partial charge in [-0.2, -0.15) is 5.26 Å². The molecule has 3 heterocycles. The summed E-state index contributed by atoms with van der Waals surface area (Å²) in [6, 6.07) is 16.3. The molecule has 0 bridgehead atoms. The quantitative estimate of drug-likeness (QED) is 0.412. The number of benzene rings is 2. The lowest BCUT2D eigenvalue weighted by Gasteiger charge is -2.19. The highest BCUT2D eigenvalue weighted by molar-refractivity contribution is 5.77. The predicted molar refractivity (Wildman–Crippen MR) is 128 cm³/mol. The van der Waals surface area contributed by atoms with Gasteiger partial charge in [0.15, 0.2) is 23.0 Å². The number of aromatic nitrogens is 3. The van der Waals surface area contributed by atoms with Crippen molar-refractivity contribution in [1.82, 2.24) is 19.9 Å². The second-order valence-corrected chi connectivity index (χ2v) is 8.15. The van der Waals surface area contributed by atoms with Crippen molar-refractivity contribution in [2.45, 2.75) is 19.9 Å². The van der Waals surface area contributed by atoms with Gasteiger partial charge in [0.2, 0.25) is 0 Å². The fourth-order valence-corrected chi connectivity index (χ4v) is 4.25. The maximum absolute atomic E-state index is 9.32. The van der Waals surface area contributed by atoms with Crippen LogP contribution in [0.2, 0.25) is 0 Å². The van der Waals surface area contributed by atoms with Crippen LogP contribution >= 0.6 is 0 Å². The minimum atomic E-state index is 0.0692. The molecule has 0 atom stereocenters. The van der Waals surface area contributed by atoms with Gasteiger partial charge in [0.05, 0.1) is 19.1 Å². The number of aliphatic hydroxyl groups is 1. The minimum absolute atomic E-state index is 0.0692. The molecule has 0 unspecified atom stereocenters. The van der Waals surface area contributed by atoms with E-state index in [1.54, 1.807) is 4.52 Å². The summed E-state index contributed by atoms with van der Waals surface area (Å²) < 4.78 is 13.2. The highest BCUT2D eigenvalue weighted by atomic mass is 16.6. The SMILES string of the molecule is Cc1c(-c2ccc3c(c2)OCCO3)cccc1-c1nc2c(CC#N)cc(CNCCO)cn2n1. The highest BCUT2D eigenvalue weighted by Crippen LogP contribution is 2.37. The van der Waals surface area contributed by atoms with Crippen LogP contribution in [0.15, 0.2) is 48.7 Å². The Morgan fingerprint density at radius 3 is 2.76 bits per heavy atom. The van der Waals surface area contributed by atoms with Crippen molar-refractivity contribution >= 4 is 5.65 Å². The lowest BCUT2D eigenvalue weighted by Crippen LogP contribution is -2.18. The van der Waals surface area contributed by atoms with Gasteiger partial charge in [-0.25, -0.2) is 9.50 Å². The van der Waals surface area contributed by atoms with Gasteiger partial charge in [-0.1, -0.05) is 24.3 Å². The molecule has 34 heavy (non-hydrogen) atoms. The van der Waals surface area contributed by atoms with Crippen LogP contribution in [-0.2, 0) is 13.0 Å². The standard InChI is InChI=1S/C26H25N5O3/c1-17-21(19-5-6-23-24(14-19)34-12-11-33-23)3-2-4-22(17)25-29-26-20(7-8-27)13-18(15-28-9-10-32)16-31(26)30-25/h2-6,13-14,16,28,32H,7,9-12,15H2,1H3. The molecule has 0 saturated heterocycles. The molecule has 2 N–H and O–H groups in total. The topological polar surface area (TPSA) is 105 Å². The Morgan fingerprint density at radius 2 is 1.94 bits per heavy atom. The van der Waals surface area contributed by atoms with Crippen molar-refractivity contribution in [3.05, 3.63) is 65.4 Å². The van der Waals surface area contributed by atoms with Crippen LogP contribution in [0.25, 0.3) is 28.2 Å². The van der Waals surface area contributed by atoms with Crippen molar-refractivity contribution < 1.29 is 14.6 Å². The fraction of sp³-hybridized carbons (Fsp3) is 0.269. The molecular formula is C26H25N5O3. The number of ether oxygens (including phenoxy) is 2. The Bertz CT molecular complexity index is 1390. The number of hydrogen-bond acceptors (Lipinski definition) is 7. The smallest absolute Gasteiger partial charge is 0.182 e. The second-order valence-electron chi connectivity index (χ2n) is 8.15. The first-order valence-electron chi connectivity index (χ1n) is 11.2. The van der Waals surface area contributed by atoms with Gasteiger partial charge < -0.3 is 19.9 Å². The molecule has 172 valence electrons. The third-order valence-electron chi connectivity index (χ3n) is 5.88. The van der Waals surface area contributed by atoms with E-state index in [0.29, 0.717) is 37.8 Å². The van der Waals surface area contributed by atoms with E-state index in [0.717, 1.165) is 44.9 Å². The Balaban J connectivity index is 1.55. The van der Waals surface area contributed by atoms with Crippen LogP contribution in [0.1, 0.15) is 16.7 Å². The molecule has 4 aromatic rings. The lowest BCUT2D eigenvalue weighted by molar-refractivity contribution is 0.171. The van der Waals surface area contributed by atoms with Crippen molar-refractivity contribution in [2.75, 3.05) is 26.4 Å². The van der Waals surface area contributed by atoms with Crippen molar-refractivity contribution in [3.63, 3.8) is 0 Å². The van der Waals surface area contributed by atoms with Gasteiger partial charge in [-0.05, 0) is 47.4 Å². The summed E-state index contributed by atoms with van der Waals surface area (Å²) in [6.07, 6.45) is 2.16. The molecule has 0 aliphatic carbocycles. The number of hydrogen-bond donors (Lipinski definition) is 2. The van der Waals surface area contributed by atoms with Gasteiger partial charge in [-0.15, -0.1) is 5.10 Å². The first-order chi connectivity index (χ1) is 16.7. The number of pyridine rings is 1. The molecule has 2 aromatic carbocycles. The van der Waals surface area contributed by atoms with Crippen LogP contribution in [-0.4, -0.2) is 46.1 Å². The lowest BCUT2D eigenvalue weighted by atomic mass is 9.96. The monoisotopic (exact) mass is 455 g/mol. The normalized spacial score (nSPS) is 12.6. The minimum Gasteiger partial charge on any atom is -0.486 e. The molecule has 0 spiro atoms. The van der Waals surface area contributed by atoms with Crippen LogP contribution < -0.4 is 14.8 Å². The average molecular weight is 456 g/mol. The first-order valence-corrected chi connectivity index (χ1v) is 11.2. The number of nitrogens with one attached hydrogen (secondary N) is 1. The Morgan fingerprint density at radius 1 is 1.12 bits per heavy atom. The third kappa shape index (κ3) is 4.19. The van der Waals surface area contributed by atoms with Crippen LogP contribution in [0.5, 0.6) is 11.5 Å². The summed E-state index contributed by atoms with van der Waals surface area (Å²) in [6.45, 7) is 4.31. The van der Waals surface area contributed by atoms with Crippen LogP contribution in [0.3, 0.4) is 0 Å². The Kier molecular flexibility index (Phi) is 6.12. The maximum Gasteiger partial charge on any atom is 0.182 e. The van der Waals surface area contributed by atoms with E-state index in [2.05, 4.69) is 24.4 Å². The van der Waals surface area contributed by atoms with E-state index in [9.17, 15) is 5.26 Å². The molecule has 1 aliphatic rings. The molecule has 8 nitrogen and oxygen atoms in total. The predicted octanol–water partition coefficient (Wildman–Crippen LogP) is 3.29. The number of fused-ring (bicyclic) bond motifs is 2. The van der Waals surface area contributed by atoms with Crippen molar-refractivity contribution in [3.8, 4) is 40.1 Å². The summed E-state index contributed by atoms with van der Waals surface area (Å²) in [5.74, 6) is 2.12. The molecular weight excluding hydrogens is 430 g/mol. The van der Waals surface area contributed by atoms with Gasteiger partial charge >= 0.3 is 0 Å². The summed E-state index contributed by atoms with van der Waals surface area (Å²) >= 11 is 0. The van der Waals surface area contributed by atoms with Gasteiger partial charge in [-0.3, -0.25) is 0 Å². The number of nitriles is 1. The van der Waals surface area contributed by atoms with Gasteiger partial charge in [0.25, 0.3) is 0 Å². The first kappa shape index (κ1) is 21.9. The molecule has 0 saturated carbocycles. The van der Waals surface area contributed by atoms with Crippen molar-refractivity contribution in [2.24, 2.45) is 0 Å². The second kappa shape index (κ2) is 9.51. The molecule has 8 heteroatoms. The number of nitrogens with zero attached hydrogens (tertiary/aromatic N) is 4. The maximum atomic E-state index is 9.32. The highest BCUT2D eigenvalue weighted by Gasteiger charge is 2.17. The van der Waals surface area contributed by atoms with E-state index in [-0.39, 0.29) is 13.0 Å². The van der Waals surface area contributed by atoms with E-state index in [1.165, 1.54) is 0 Å². The zero-order valence-corrected chi connectivity index (χ0v) is 18.9. The number of rotatable bonds is 7. The Labute approximate surface area is 197 Å². The summed E-state index contributed by atoms with van der Waals surface area (Å²) in [4.78, 5) is 4.80. The zero-order chi connectivity index (χ0) is 23.5. The molecule has 0 amide bonds. The average Bonchev–Trinajstić information content (AvgIpc) is 3.28.